The van der Waals surface area contributed by atoms with Crippen LogP contribution in [0.1, 0.15) is 57.1 Å². The number of ether oxygens (including phenoxy) is 1. The van der Waals surface area contributed by atoms with Crippen molar-refractivity contribution in [2.75, 3.05) is 33.7 Å². The molecule has 0 spiro atoms. The Labute approximate surface area is 257 Å². The van der Waals surface area contributed by atoms with E-state index in [1.807, 2.05) is 49.4 Å². The van der Waals surface area contributed by atoms with Crippen molar-refractivity contribution < 1.29 is 14.3 Å². The zero-order valence-electron chi connectivity index (χ0n) is 26.2. The lowest BCUT2D eigenvalue weighted by molar-refractivity contribution is -0.133. The predicted molar refractivity (Wildman–Crippen MR) is 172 cm³/mol. The maximum Gasteiger partial charge on any atom is 0.412 e. The largest absolute Gasteiger partial charge is 0.414 e. The molecule has 1 aliphatic rings. The minimum absolute atomic E-state index is 0.103. The number of likely N-dealkylation sites (tertiary alicyclic amines) is 1. The molecule has 0 aromatic heterocycles. The number of carbonyl (C=O) groups excluding carboxylic acids is 2. The van der Waals surface area contributed by atoms with Crippen molar-refractivity contribution in [2.45, 2.75) is 75.8 Å². The van der Waals surface area contributed by atoms with E-state index in [0.29, 0.717) is 38.1 Å². The molecule has 2 aromatic rings. The standard InChI is InChI=1S/C33H51N7O3/c1-5-29(33(22-24(2)39(3)4,25-14-8-6-9-15-25)26-16-10-7-11-17-26)43-32(42)38-23-27-18-13-21-40(27)30(41)28(34)19-12-20-37-31(35)36/h5-11,14-17,24,27-28,31,37H,12-13,18-23,34-36H2,1-4H3,(H,38,42)/b29-5-/t24?,27?,28-/m0/s1. The number of nitrogens with zero attached hydrogens (tertiary/aromatic N) is 2. The zero-order chi connectivity index (χ0) is 31.4. The molecule has 2 unspecified atom stereocenters. The lowest BCUT2D eigenvalue weighted by Gasteiger charge is -2.40. The molecule has 3 atom stereocenters. The molecule has 0 aliphatic carbocycles. The number of hydrogen-bond acceptors (Lipinski definition) is 8. The molecule has 1 aliphatic heterocycles. The highest BCUT2D eigenvalue weighted by Crippen LogP contribution is 2.44. The number of benzene rings is 2. The van der Waals surface area contributed by atoms with Crippen LogP contribution in [0.5, 0.6) is 0 Å². The zero-order valence-corrected chi connectivity index (χ0v) is 26.2. The third-order valence-electron chi connectivity index (χ3n) is 8.43. The second kappa shape index (κ2) is 16.5. The number of allylic oxidation sites excluding steroid dienone is 2. The Morgan fingerprint density at radius 3 is 2.21 bits per heavy atom. The Bertz CT molecular complexity index is 1130. The van der Waals surface area contributed by atoms with E-state index in [9.17, 15) is 9.59 Å². The molecular weight excluding hydrogens is 542 g/mol. The van der Waals surface area contributed by atoms with Crippen LogP contribution in [0.4, 0.5) is 4.79 Å². The average molecular weight is 594 g/mol. The molecule has 10 nitrogen and oxygen atoms in total. The Kier molecular flexibility index (Phi) is 13.2. The fourth-order valence-corrected chi connectivity index (χ4v) is 5.85. The highest BCUT2D eigenvalue weighted by Gasteiger charge is 2.42. The smallest absolute Gasteiger partial charge is 0.412 e. The summed E-state index contributed by atoms with van der Waals surface area (Å²) in [5.41, 5.74) is 18.6. The molecule has 2 amide bonds. The van der Waals surface area contributed by atoms with Crippen LogP contribution in [0, 0.1) is 0 Å². The van der Waals surface area contributed by atoms with Crippen molar-refractivity contribution in [1.82, 2.24) is 20.4 Å². The van der Waals surface area contributed by atoms with E-state index < -0.39 is 23.8 Å². The molecule has 2 aromatic carbocycles. The Morgan fingerprint density at radius 1 is 1.07 bits per heavy atom. The molecule has 1 saturated heterocycles. The van der Waals surface area contributed by atoms with Crippen LogP contribution in [0.3, 0.4) is 0 Å². The van der Waals surface area contributed by atoms with Gasteiger partial charge in [-0.2, -0.15) is 0 Å². The van der Waals surface area contributed by atoms with Crippen LogP contribution in [0.2, 0.25) is 0 Å². The molecule has 1 heterocycles. The molecular formula is C33H51N7O3. The lowest BCUT2D eigenvalue weighted by atomic mass is 9.68. The third-order valence-corrected chi connectivity index (χ3v) is 8.43. The number of amides is 2. The van der Waals surface area contributed by atoms with E-state index >= 15 is 0 Å². The highest BCUT2D eigenvalue weighted by atomic mass is 16.6. The van der Waals surface area contributed by atoms with Gasteiger partial charge in [0.1, 0.15) is 12.0 Å². The van der Waals surface area contributed by atoms with E-state index in [0.717, 1.165) is 24.0 Å². The van der Waals surface area contributed by atoms with Gasteiger partial charge in [-0.25, -0.2) is 4.79 Å². The fourth-order valence-electron chi connectivity index (χ4n) is 5.85. The van der Waals surface area contributed by atoms with Crippen LogP contribution >= 0.6 is 0 Å². The van der Waals surface area contributed by atoms with E-state index in [1.54, 1.807) is 4.90 Å². The molecule has 0 radical (unpaired) electrons. The van der Waals surface area contributed by atoms with Gasteiger partial charge in [-0.15, -0.1) is 0 Å². The molecule has 0 bridgehead atoms. The van der Waals surface area contributed by atoms with Crippen molar-refractivity contribution in [1.29, 1.82) is 0 Å². The van der Waals surface area contributed by atoms with E-state index in [-0.39, 0.29) is 24.5 Å². The highest BCUT2D eigenvalue weighted by molar-refractivity contribution is 5.82. The summed E-state index contributed by atoms with van der Waals surface area (Å²) in [5.74, 6) is 0.456. The van der Waals surface area contributed by atoms with Gasteiger partial charge < -0.3 is 37.1 Å². The van der Waals surface area contributed by atoms with Crippen molar-refractivity contribution in [3.05, 3.63) is 83.6 Å². The Balaban J connectivity index is 1.76. The van der Waals surface area contributed by atoms with Crippen LogP contribution < -0.4 is 27.8 Å². The van der Waals surface area contributed by atoms with E-state index in [1.165, 1.54) is 0 Å². The van der Waals surface area contributed by atoms with Gasteiger partial charge in [0.15, 0.2) is 0 Å². The molecule has 1 fully saturated rings. The normalized spacial score (nSPS) is 17.3. The third kappa shape index (κ3) is 9.11. The van der Waals surface area contributed by atoms with E-state index in [4.69, 9.17) is 21.9 Å². The number of carbonyl (C=O) groups is 2. The van der Waals surface area contributed by atoms with Gasteiger partial charge >= 0.3 is 6.09 Å². The second-order valence-corrected chi connectivity index (χ2v) is 11.6. The minimum atomic E-state index is -0.705. The van der Waals surface area contributed by atoms with Gasteiger partial charge in [0.2, 0.25) is 5.91 Å². The van der Waals surface area contributed by atoms with Crippen molar-refractivity contribution in [3.8, 4) is 0 Å². The van der Waals surface area contributed by atoms with Gasteiger partial charge in [0, 0.05) is 25.2 Å². The first-order valence-electron chi connectivity index (χ1n) is 15.3. The summed E-state index contributed by atoms with van der Waals surface area (Å²) < 4.78 is 6.18. The molecule has 10 heteroatoms. The van der Waals surface area contributed by atoms with Crippen molar-refractivity contribution >= 4 is 12.0 Å². The van der Waals surface area contributed by atoms with Crippen molar-refractivity contribution in [3.63, 3.8) is 0 Å². The van der Waals surface area contributed by atoms with Gasteiger partial charge in [0.05, 0.1) is 11.5 Å². The summed E-state index contributed by atoms with van der Waals surface area (Å²) in [7, 11) is 4.11. The number of nitrogens with one attached hydrogen (secondary N) is 2. The summed E-state index contributed by atoms with van der Waals surface area (Å²) in [5, 5.41) is 5.87. The summed E-state index contributed by atoms with van der Waals surface area (Å²) in [6.07, 6.45) is 4.29. The summed E-state index contributed by atoms with van der Waals surface area (Å²) in [4.78, 5) is 30.5. The SMILES string of the molecule is C/C=C(\OC(=O)NCC1CCCN1C(=O)[C@@H](N)CCCNC(N)N)C(CC(C)N(C)C)(c1ccccc1)c1ccccc1. The number of hydrogen-bond donors (Lipinski definition) is 5. The van der Waals surface area contributed by atoms with Gasteiger partial charge in [-0.1, -0.05) is 60.7 Å². The van der Waals surface area contributed by atoms with Crippen LogP contribution in [0.15, 0.2) is 72.5 Å². The Hall–Kier alpha value is -3.28. The summed E-state index contributed by atoms with van der Waals surface area (Å²) >= 11 is 0. The van der Waals surface area contributed by atoms with Crippen LogP contribution in [0.25, 0.3) is 0 Å². The van der Waals surface area contributed by atoms with Crippen molar-refractivity contribution in [2.24, 2.45) is 17.2 Å². The number of alkyl carbamates (subject to hydrolysis) is 1. The first kappa shape index (κ1) is 34.2. The van der Waals surface area contributed by atoms with Gasteiger partial charge in [0.25, 0.3) is 0 Å². The molecule has 0 saturated carbocycles. The number of rotatable bonds is 15. The first-order chi connectivity index (χ1) is 20.6. The summed E-state index contributed by atoms with van der Waals surface area (Å²) in [6.45, 7) is 5.57. The quantitative estimate of drug-likeness (QED) is 0.120. The van der Waals surface area contributed by atoms with Crippen LogP contribution in [-0.2, 0) is 14.9 Å². The summed E-state index contributed by atoms with van der Waals surface area (Å²) in [6, 6.07) is 19.8. The molecule has 236 valence electrons. The second-order valence-electron chi connectivity index (χ2n) is 11.6. The molecule has 43 heavy (non-hydrogen) atoms. The minimum Gasteiger partial charge on any atom is -0.414 e. The molecule has 3 rings (SSSR count). The Morgan fingerprint density at radius 2 is 1.67 bits per heavy atom. The first-order valence-corrected chi connectivity index (χ1v) is 15.3. The lowest BCUT2D eigenvalue weighted by Crippen LogP contribution is -2.50. The monoisotopic (exact) mass is 593 g/mol. The molecule has 8 N–H and O–H groups in total. The average Bonchev–Trinajstić information content (AvgIpc) is 3.48. The van der Waals surface area contributed by atoms with E-state index in [2.05, 4.69) is 60.8 Å². The van der Waals surface area contributed by atoms with Gasteiger partial charge in [-0.05, 0) is 83.8 Å². The fraction of sp³-hybridized carbons (Fsp3) is 0.515. The maximum absolute atomic E-state index is 13.4. The number of nitrogens with two attached hydrogens (primary N) is 3. The maximum atomic E-state index is 13.4. The topological polar surface area (TPSA) is 152 Å². The predicted octanol–water partition coefficient (Wildman–Crippen LogP) is 2.83. The van der Waals surface area contributed by atoms with Crippen LogP contribution in [-0.4, -0.2) is 79.9 Å². The van der Waals surface area contributed by atoms with Gasteiger partial charge in [-0.3, -0.25) is 10.1 Å².